The quantitative estimate of drug-likeness (QED) is 0.737. The van der Waals surface area contributed by atoms with Gasteiger partial charge < -0.3 is 10.4 Å². The summed E-state index contributed by atoms with van der Waals surface area (Å²) in [4.78, 5) is 11.0. The second kappa shape index (κ2) is 5.32. The van der Waals surface area contributed by atoms with Crippen molar-refractivity contribution in [3.63, 3.8) is 0 Å². The molecule has 0 heterocycles. The molecule has 80 valence electrons. The van der Waals surface area contributed by atoms with Crippen LogP contribution in [0.3, 0.4) is 0 Å². The first-order valence-electron chi connectivity index (χ1n) is 4.80. The minimum Gasteiger partial charge on any atom is -0.507 e. The van der Waals surface area contributed by atoms with E-state index in [2.05, 4.69) is 5.32 Å². The minimum absolute atomic E-state index is 0.0362. The third-order valence-electron chi connectivity index (χ3n) is 2.03. The fourth-order valence-corrected chi connectivity index (χ4v) is 1.26. The summed E-state index contributed by atoms with van der Waals surface area (Å²) in [6.45, 7) is 2.21. The van der Waals surface area contributed by atoms with Gasteiger partial charge in [-0.25, -0.2) is 0 Å². The molecule has 1 aromatic rings. The van der Waals surface area contributed by atoms with Gasteiger partial charge in [-0.15, -0.1) is 0 Å². The summed E-state index contributed by atoms with van der Waals surface area (Å²) in [6.07, 6.45) is 3.84. The van der Waals surface area contributed by atoms with Crippen molar-refractivity contribution in [2.45, 2.75) is 6.92 Å². The molecule has 0 radical (unpaired) electrons. The van der Waals surface area contributed by atoms with Crippen molar-refractivity contribution in [2.24, 2.45) is 0 Å². The van der Waals surface area contributed by atoms with Crippen LogP contribution in [0.1, 0.15) is 22.8 Å². The zero-order valence-corrected chi connectivity index (χ0v) is 8.95. The minimum atomic E-state index is -0.127. The molecule has 0 fully saturated rings. The average Bonchev–Trinajstić information content (AvgIpc) is 2.17. The number of ketones is 1. The van der Waals surface area contributed by atoms with Gasteiger partial charge in [-0.05, 0) is 31.7 Å². The number of carbonyl (C=O) groups is 1. The Balaban J connectivity index is 2.87. The van der Waals surface area contributed by atoms with Crippen molar-refractivity contribution in [1.29, 1.82) is 0 Å². The Morgan fingerprint density at radius 2 is 2.27 bits per heavy atom. The van der Waals surface area contributed by atoms with Crippen molar-refractivity contribution >= 4 is 11.9 Å². The van der Waals surface area contributed by atoms with Crippen LogP contribution in [0.2, 0.25) is 0 Å². The molecule has 0 saturated carbocycles. The topological polar surface area (TPSA) is 49.3 Å². The summed E-state index contributed by atoms with van der Waals surface area (Å²) in [6, 6.07) is 5.03. The van der Waals surface area contributed by atoms with E-state index in [-0.39, 0.29) is 11.5 Å². The number of benzene rings is 1. The van der Waals surface area contributed by atoms with E-state index in [1.807, 2.05) is 25.3 Å². The molecular weight excluding hydrogens is 190 g/mol. The highest BCUT2D eigenvalue weighted by Gasteiger charge is 2.05. The maximum atomic E-state index is 11.0. The number of phenolic OH excluding ortho intramolecular Hbond substituents is 1. The Morgan fingerprint density at radius 3 is 2.80 bits per heavy atom. The molecule has 0 saturated heterocycles. The van der Waals surface area contributed by atoms with Crippen molar-refractivity contribution in [1.82, 2.24) is 5.32 Å². The lowest BCUT2D eigenvalue weighted by atomic mass is 10.1. The number of hydrogen-bond acceptors (Lipinski definition) is 3. The summed E-state index contributed by atoms with van der Waals surface area (Å²) in [7, 11) is 1.86. The summed E-state index contributed by atoms with van der Waals surface area (Å²) < 4.78 is 0. The van der Waals surface area contributed by atoms with E-state index < -0.39 is 0 Å². The molecule has 0 spiro atoms. The Labute approximate surface area is 89.4 Å². The van der Waals surface area contributed by atoms with E-state index in [9.17, 15) is 9.90 Å². The molecule has 0 amide bonds. The predicted octanol–water partition coefficient (Wildman–Crippen LogP) is 1.83. The molecule has 15 heavy (non-hydrogen) atoms. The van der Waals surface area contributed by atoms with Crippen LogP contribution >= 0.6 is 0 Å². The molecule has 1 rings (SSSR count). The molecule has 0 bridgehead atoms. The first-order valence-corrected chi connectivity index (χ1v) is 4.80. The first-order chi connectivity index (χ1) is 7.15. The fourth-order valence-electron chi connectivity index (χ4n) is 1.26. The standard InChI is InChI=1S/C12H15NO2/c1-9(14)11-6-5-10(8-12(11)15)4-3-7-13-2/h3-6,8,13,15H,7H2,1-2H3. The van der Waals surface area contributed by atoms with Crippen LogP contribution in [-0.2, 0) is 0 Å². The fraction of sp³-hybridized carbons (Fsp3) is 0.250. The summed E-state index contributed by atoms with van der Waals surface area (Å²) >= 11 is 0. The number of carbonyl (C=O) groups excluding carboxylic acids is 1. The highest BCUT2D eigenvalue weighted by atomic mass is 16.3. The Hall–Kier alpha value is -1.61. The number of likely N-dealkylation sites (N-methyl/N-ethyl adjacent to an activating group) is 1. The maximum Gasteiger partial charge on any atom is 0.163 e. The number of hydrogen-bond donors (Lipinski definition) is 2. The van der Waals surface area contributed by atoms with E-state index in [4.69, 9.17) is 0 Å². The molecule has 3 nitrogen and oxygen atoms in total. The predicted molar refractivity (Wildman–Crippen MR) is 61.1 cm³/mol. The van der Waals surface area contributed by atoms with Crippen LogP contribution in [0.25, 0.3) is 6.08 Å². The summed E-state index contributed by atoms with van der Waals surface area (Å²) in [5.41, 5.74) is 1.24. The van der Waals surface area contributed by atoms with Crippen molar-refractivity contribution in [3.05, 3.63) is 35.4 Å². The highest BCUT2D eigenvalue weighted by molar-refractivity contribution is 5.96. The largest absolute Gasteiger partial charge is 0.507 e. The number of Topliss-reactive ketones (excluding diaryl/α,β-unsaturated/α-hetero) is 1. The van der Waals surface area contributed by atoms with Gasteiger partial charge in [0.1, 0.15) is 5.75 Å². The van der Waals surface area contributed by atoms with Crippen LogP contribution in [0, 0.1) is 0 Å². The summed E-state index contributed by atoms with van der Waals surface area (Å²) in [5, 5.41) is 12.5. The second-order valence-corrected chi connectivity index (χ2v) is 3.29. The number of aromatic hydroxyl groups is 1. The molecule has 0 aliphatic carbocycles. The van der Waals surface area contributed by atoms with E-state index in [0.29, 0.717) is 5.56 Å². The molecule has 0 aliphatic heterocycles. The van der Waals surface area contributed by atoms with Crippen LogP contribution in [0.5, 0.6) is 5.75 Å². The van der Waals surface area contributed by atoms with Gasteiger partial charge in [-0.2, -0.15) is 0 Å². The zero-order chi connectivity index (χ0) is 11.3. The molecule has 0 aliphatic rings. The van der Waals surface area contributed by atoms with Gasteiger partial charge in [0.25, 0.3) is 0 Å². The normalized spacial score (nSPS) is 10.8. The van der Waals surface area contributed by atoms with Gasteiger partial charge in [0.2, 0.25) is 0 Å². The lowest BCUT2D eigenvalue weighted by Gasteiger charge is -2.01. The van der Waals surface area contributed by atoms with Gasteiger partial charge in [0.05, 0.1) is 5.56 Å². The van der Waals surface area contributed by atoms with Crippen LogP contribution in [-0.4, -0.2) is 24.5 Å². The Kier molecular flexibility index (Phi) is 4.06. The zero-order valence-electron chi connectivity index (χ0n) is 8.95. The van der Waals surface area contributed by atoms with Crippen molar-refractivity contribution in [3.8, 4) is 5.75 Å². The Morgan fingerprint density at radius 1 is 1.53 bits per heavy atom. The van der Waals surface area contributed by atoms with Gasteiger partial charge >= 0.3 is 0 Å². The molecule has 0 aromatic heterocycles. The van der Waals surface area contributed by atoms with E-state index in [1.165, 1.54) is 6.92 Å². The molecular formula is C12H15NO2. The van der Waals surface area contributed by atoms with Gasteiger partial charge in [0, 0.05) is 6.54 Å². The SMILES string of the molecule is CNCC=Cc1ccc(C(C)=O)c(O)c1. The van der Waals surface area contributed by atoms with E-state index in [0.717, 1.165) is 12.1 Å². The molecule has 3 heteroatoms. The Bertz CT molecular complexity index is 383. The van der Waals surface area contributed by atoms with Gasteiger partial charge in [-0.3, -0.25) is 4.79 Å². The first kappa shape index (κ1) is 11.5. The third kappa shape index (κ3) is 3.22. The highest BCUT2D eigenvalue weighted by Crippen LogP contribution is 2.19. The molecule has 0 atom stereocenters. The number of phenols is 1. The number of nitrogens with one attached hydrogen (secondary N) is 1. The smallest absolute Gasteiger partial charge is 0.163 e. The lowest BCUT2D eigenvalue weighted by molar-refractivity contribution is 0.101. The van der Waals surface area contributed by atoms with Gasteiger partial charge in [0.15, 0.2) is 5.78 Å². The van der Waals surface area contributed by atoms with E-state index in [1.54, 1.807) is 12.1 Å². The monoisotopic (exact) mass is 205 g/mol. The van der Waals surface area contributed by atoms with Crippen LogP contribution in [0.4, 0.5) is 0 Å². The average molecular weight is 205 g/mol. The van der Waals surface area contributed by atoms with Crippen LogP contribution < -0.4 is 5.32 Å². The third-order valence-corrected chi connectivity index (χ3v) is 2.03. The van der Waals surface area contributed by atoms with Crippen molar-refractivity contribution in [2.75, 3.05) is 13.6 Å². The maximum absolute atomic E-state index is 11.0. The summed E-state index contributed by atoms with van der Waals surface area (Å²) in [5.74, 6) is -0.0904. The van der Waals surface area contributed by atoms with Crippen molar-refractivity contribution < 1.29 is 9.90 Å². The van der Waals surface area contributed by atoms with Crippen LogP contribution in [0.15, 0.2) is 24.3 Å². The second-order valence-electron chi connectivity index (χ2n) is 3.29. The molecule has 0 unspecified atom stereocenters. The molecule has 2 N–H and O–H groups in total. The number of rotatable bonds is 4. The molecule has 1 aromatic carbocycles. The lowest BCUT2D eigenvalue weighted by Crippen LogP contribution is -2.03. The van der Waals surface area contributed by atoms with Gasteiger partial charge in [-0.1, -0.05) is 18.2 Å². The van der Waals surface area contributed by atoms with E-state index >= 15 is 0 Å².